The van der Waals surface area contributed by atoms with Crippen molar-refractivity contribution < 1.29 is 4.79 Å². The van der Waals surface area contributed by atoms with Crippen LogP contribution in [0.25, 0.3) is 0 Å². The zero-order chi connectivity index (χ0) is 13.3. The number of aryl methyl sites for hydroxylation is 1. The van der Waals surface area contributed by atoms with Gasteiger partial charge in [-0.25, -0.2) is 0 Å². The van der Waals surface area contributed by atoms with Crippen LogP contribution >= 0.6 is 50.5 Å². The number of carbonyl (C=O) groups is 1. The second-order valence-corrected chi connectivity index (χ2v) is 6.86. The van der Waals surface area contributed by atoms with Crippen LogP contribution in [-0.4, -0.2) is 5.91 Å². The van der Waals surface area contributed by atoms with Crippen molar-refractivity contribution in [1.82, 2.24) is 0 Å². The largest absolute Gasteiger partial charge is 0.320 e. The van der Waals surface area contributed by atoms with Gasteiger partial charge in [-0.1, -0.05) is 23.2 Å². The SMILES string of the molecule is Cc1cc(C(=O)Nc2cc(Cl)ccc2Cl)sc1Br. The summed E-state index contributed by atoms with van der Waals surface area (Å²) < 4.78 is 0.949. The Morgan fingerprint density at radius 1 is 1.33 bits per heavy atom. The maximum absolute atomic E-state index is 12.0. The number of nitrogens with one attached hydrogen (secondary N) is 1. The van der Waals surface area contributed by atoms with Crippen molar-refractivity contribution in [2.75, 3.05) is 5.32 Å². The van der Waals surface area contributed by atoms with Gasteiger partial charge in [0.25, 0.3) is 5.91 Å². The number of hydrogen-bond donors (Lipinski definition) is 1. The quantitative estimate of drug-likeness (QED) is 0.761. The molecule has 2 aromatic rings. The normalized spacial score (nSPS) is 10.4. The summed E-state index contributed by atoms with van der Waals surface area (Å²) >= 11 is 16.6. The van der Waals surface area contributed by atoms with Crippen molar-refractivity contribution >= 4 is 62.1 Å². The Bertz CT molecular complexity index is 593. The standard InChI is InChI=1S/C12H8BrCl2NOS/c1-6-4-10(18-11(6)13)12(17)16-9-5-7(14)2-3-8(9)15/h2-5H,1H3,(H,16,17). The van der Waals surface area contributed by atoms with Crippen LogP contribution in [-0.2, 0) is 0 Å². The first kappa shape index (κ1) is 13.9. The molecule has 0 aliphatic carbocycles. The van der Waals surface area contributed by atoms with Crippen LogP contribution in [0.15, 0.2) is 28.1 Å². The van der Waals surface area contributed by atoms with Crippen molar-refractivity contribution in [3.05, 3.63) is 48.5 Å². The molecule has 1 N–H and O–H groups in total. The first-order valence-corrected chi connectivity index (χ1v) is 7.36. The minimum absolute atomic E-state index is 0.196. The Morgan fingerprint density at radius 2 is 2.06 bits per heavy atom. The highest BCUT2D eigenvalue weighted by atomic mass is 79.9. The molecule has 0 atom stereocenters. The molecule has 2 rings (SSSR count). The molecule has 1 aromatic carbocycles. The lowest BCUT2D eigenvalue weighted by Crippen LogP contribution is -2.10. The monoisotopic (exact) mass is 363 g/mol. The van der Waals surface area contributed by atoms with E-state index in [0.717, 1.165) is 9.35 Å². The van der Waals surface area contributed by atoms with E-state index in [-0.39, 0.29) is 5.91 Å². The molecular weight excluding hydrogens is 357 g/mol. The highest BCUT2D eigenvalue weighted by Crippen LogP contribution is 2.30. The fourth-order valence-electron chi connectivity index (χ4n) is 1.35. The molecule has 0 radical (unpaired) electrons. The van der Waals surface area contributed by atoms with Crippen molar-refractivity contribution in [1.29, 1.82) is 0 Å². The molecule has 1 aromatic heterocycles. The average Bonchev–Trinajstić information content (AvgIpc) is 2.64. The van der Waals surface area contributed by atoms with Gasteiger partial charge in [0.2, 0.25) is 0 Å². The summed E-state index contributed by atoms with van der Waals surface area (Å²) in [5, 5.41) is 3.73. The molecule has 0 aliphatic heterocycles. The lowest BCUT2D eigenvalue weighted by Gasteiger charge is -2.06. The molecule has 1 heterocycles. The Labute approximate surface area is 127 Å². The summed E-state index contributed by atoms with van der Waals surface area (Å²) in [5.74, 6) is -0.196. The summed E-state index contributed by atoms with van der Waals surface area (Å²) in [6.07, 6.45) is 0. The van der Waals surface area contributed by atoms with E-state index < -0.39 is 0 Å². The number of anilines is 1. The minimum Gasteiger partial charge on any atom is -0.320 e. The molecular formula is C12H8BrCl2NOS. The lowest BCUT2D eigenvalue weighted by molar-refractivity contribution is 0.103. The molecule has 0 spiro atoms. The maximum Gasteiger partial charge on any atom is 0.265 e. The zero-order valence-electron chi connectivity index (χ0n) is 9.26. The predicted octanol–water partition coefficient (Wildman–Crippen LogP) is 5.38. The molecule has 0 unspecified atom stereocenters. The Morgan fingerprint density at radius 3 is 2.67 bits per heavy atom. The van der Waals surface area contributed by atoms with Crippen molar-refractivity contribution in [3.63, 3.8) is 0 Å². The molecule has 0 saturated heterocycles. The van der Waals surface area contributed by atoms with Crippen LogP contribution in [0.2, 0.25) is 10.0 Å². The summed E-state index contributed by atoms with van der Waals surface area (Å²) in [4.78, 5) is 12.6. The van der Waals surface area contributed by atoms with Crippen LogP contribution in [0.4, 0.5) is 5.69 Å². The Balaban J connectivity index is 2.23. The number of carbonyl (C=O) groups excluding carboxylic acids is 1. The van der Waals surface area contributed by atoms with Crippen LogP contribution in [0.1, 0.15) is 15.2 Å². The van der Waals surface area contributed by atoms with Crippen LogP contribution in [0.3, 0.4) is 0 Å². The third kappa shape index (κ3) is 3.06. The van der Waals surface area contributed by atoms with Crippen LogP contribution < -0.4 is 5.32 Å². The van der Waals surface area contributed by atoms with E-state index in [0.29, 0.717) is 20.6 Å². The van der Waals surface area contributed by atoms with Gasteiger partial charge in [-0.3, -0.25) is 4.79 Å². The fourth-order valence-corrected chi connectivity index (χ4v) is 3.12. The van der Waals surface area contributed by atoms with E-state index in [1.54, 1.807) is 18.2 Å². The third-order valence-corrected chi connectivity index (χ3v) is 4.96. The Hall–Kier alpha value is -0.550. The van der Waals surface area contributed by atoms with Gasteiger partial charge in [0.05, 0.1) is 19.4 Å². The van der Waals surface area contributed by atoms with Gasteiger partial charge in [0.1, 0.15) is 0 Å². The second kappa shape index (κ2) is 5.61. The number of rotatable bonds is 2. The molecule has 18 heavy (non-hydrogen) atoms. The van der Waals surface area contributed by atoms with E-state index >= 15 is 0 Å². The first-order chi connectivity index (χ1) is 8.47. The van der Waals surface area contributed by atoms with Gasteiger partial charge in [0.15, 0.2) is 0 Å². The van der Waals surface area contributed by atoms with Crippen molar-refractivity contribution in [2.24, 2.45) is 0 Å². The summed E-state index contributed by atoms with van der Waals surface area (Å²) in [6.45, 7) is 1.93. The molecule has 0 fully saturated rings. The van der Waals surface area contributed by atoms with Gasteiger partial charge >= 0.3 is 0 Å². The molecule has 1 amide bonds. The van der Waals surface area contributed by atoms with E-state index in [9.17, 15) is 4.79 Å². The molecule has 0 saturated carbocycles. The highest BCUT2D eigenvalue weighted by Gasteiger charge is 2.13. The number of thiophene rings is 1. The maximum atomic E-state index is 12.0. The van der Waals surface area contributed by atoms with E-state index in [4.69, 9.17) is 23.2 Å². The van der Waals surface area contributed by atoms with Crippen molar-refractivity contribution in [2.45, 2.75) is 6.92 Å². The zero-order valence-corrected chi connectivity index (χ0v) is 13.2. The Kier molecular flexibility index (Phi) is 4.33. The van der Waals surface area contributed by atoms with E-state index in [2.05, 4.69) is 21.2 Å². The molecule has 0 aliphatic rings. The van der Waals surface area contributed by atoms with E-state index in [1.807, 2.05) is 13.0 Å². The average molecular weight is 365 g/mol. The smallest absolute Gasteiger partial charge is 0.265 e. The highest BCUT2D eigenvalue weighted by molar-refractivity contribution is 9.11. The number of amides is 1. The predicted molar refractivity (Wildman–Crippen MR) is 81.2 cm³/mol. The van der Waals surface area contributed by atoms with Crippen LogP contribution in [0.5, 0.6) is 0 Å². The van der Waals surface area contributed by atoms with Gasteiger partial charge in [0, 0.05) is 5.02 Å². The molecule has 6 heteroatoms. The minimum atomic E-state index is -0.196. The molecule has 2 nitrogen and oxygen atoms in total. The van der Waals surface area contributed by atoms with Crippen LogP contribution in [0, 0.1) is 6.92 Å². The fraction of sp³-hybridized carbons (Fsp3) is 0.0833. The number of benzene rings is 1. The van der Waals surface area contributed by atoms with E-state index in [1.165, 1.54) is 11.3 Å². The number of hydrogen-bond acceptors (Lipinski definition) is 2. The third-order valence-electron chi connectivity index (χ3n) is 2.26. The lowest BCUT2D eigenvalue weighted by atomic mass is 10.3. The van der Waals surface area contributed by atoms with Crippen molar-refractivity contribution in [3.8, 4) is 0 Å². The molecule has 94 valence electrons. The topological polar surface area (TPSA) is 29.1 Å². The summed E-state index contributed by atoms with van der Waals surface area (Å²) in [6, 6.07) is 6.76. The van der Waals surface area contributed by atoms with Gasteiger partial charge < -0.3 is 5.32 Å². The van der Waals surface area contributed by atoms with Gasteiger partial charge in [-0.2, -0.15) is 0 Å². The molecule has 0 bridgehead atoms. The number of halogens is 3. The van der Waals surface area contributed by atoms with Gasteiger partial charge in [-0.05, 0) is 52.7 Å². The summed E-state index contributed by atoms with van der Waals surface area (Å²) in [5.41, 5.74) is 1.54. The summed E-state index contributed by atoms with van der Waals surface area (Å²) in [7, 11) is 0. The first-order valence-electron chi connectivity index (χ1n) is 4.99. The second-order valence-electron chi connectivity index (χ2n) is 3.65. The van der Waals surface area contributed by atoms with Gasteiger partial charge in [-0.15, -0.1) is 11.3 Å².